The van der Waals surface area contributed by atoms with Crippen LogP contribution in [0.2, 0.25) is 0 Å². The monoisotopic (exact) mass is 328 g/mol. The average molecular weight is 328 g/mol. The van der Waals surface area contributed by atoms with Gasteiger partial charge in [0.2, 0.25) is 0 Å². The topological polar surface area (TPSA) is 94.8 Å². The number of rotatable bonds is 8. The van der Waals surface area contributed by atoms with Crippen LogP contribution in [-0.2, 0) is 22.4 Å². The maximum absolute atomic E-state index is 11.9. The van der Waals surface area contributed by atoms with Gasteiger partial charge >= 0.3 is 0 Å². The molecule has 0 spiro atoms. The first kappa shape index (κ1) is 17.5. The molecule has 0 heterocycles. The number of aryl methyl sites for hydroxylation is 2. The van der Waals surface area contributed by atoms with Crippen molar-refractivity contribution < 1.29 is 24.9 Å². The van der Waals surface area contributed by atoms with Crippen LogP contribution in [-0.4, -0.2) is 26.9 Å². The molecule has 0 bridgehead atoms. The molecule has 0 fully saturated rings. The van der Waals surface area contributed by atoms with E-state index in [9.17, 15) is 24.9 Å². The van der Waals surface area contributed by atoms with Gasteiger partial charge in [-0.3, -0.25) is 9.59 Å². The number of aromatic hydroxyl groups is 3. The van der Waals surface area contributed by atoms with Crippen LogP contribution in [0.25, 0.3) is 0 Å². The van der Waals surface area contributed by atoms with E-state index in [0.717, 1.165) is 11.1 Å². The number of phenols is 3. The van der Waals surface area contributed by atoms with Crippen molar-refractivity contribution in [2.75, 3.05) is 0 Å². The number of phenolic OH excluding ortho intramolecular Hbond substituents is 3. The first-order valence-corrected chi connectivity index (χ1v) is 7.76. The summed E-state index contributed by atoms with van der Waals surface area (Å²) in [4.78, 5) is 23.7. The number of carbonyl (C=O) groups excluding carboxylic acids is 2. The van der Waals surface area contributed by atoms with Crippen molar-refractivity contribution in [3.63, 3.8) is 0 Å². The normalized spacial score (nSPS) is 10.5. The summed E-state index contributed by atoms with van der Waals surface area (Å²) in [6.45, 7) is 0. The predicted octanol–water partition coefficient (Wildman–Crippen LogP) is 2.90. The van der Waals surface area contributed by atoms with Gasteiger partial charge in [0.15, 0.2) is 11.5 Å². The van der Waals surface area contributed by atoms with Gasteiger partial charge in [0.25, 0.3) is 0 Å². The van der Waals surface area contributed by atoms with E-state index in [2.05, 4.69) is 0 Å². The Hall–Kier alpha value is -2.82. The maximum Gasteiger partial charge on any atom is 0.157 e. The molecule has 0 atom stereocenters. The molecule has 2 rings (SSSR count). The number of carbonyl (C=O) groups is 2. The summed E-state index contributed by atoms with van der Waals surface area (Å²) in [7, 11) is 0. The Morgan fingerprint density at radius 1 is 0.708 bits per heavy atom. The van der Waals surface area contributed by atoms with E-state index in [1.54, 1.807) is 30.3 Å². The lowest BCUT2D eigenvalue weighted by molar-refractivity contribution is -0.126. The van der Waals surface area contributed by atoms with Crippen LogP contribution in [0.3, 0.4) is 0 Å². The summed E-state index contributed by atoms with van der Waals surface area (Å²) < 4.78 is 0. The molecule has 126 valence electrons. The van der Waals surface area contributed by atoms with E-state index >= 15 is 0 Å². The first-order valence-electron chi connectivity index (χ1n) is 7.76. The molecule has 0 amide bonds. The maximum atomic E-state index is 11.9. The van der Waals surface area contributed by atoms with E-state index < -0.39 is 0 Å². The highest BCUT2D eigenvalue weighted by Gasteiger charge is 2.11. The Bertz CT molecular complexity index is 719. The highest BCUT2D eigenvalue weighted by atomic mass is 16.3. The SMILES string of the molecule is O=C(CCc1ccc(O)cc1)CC(=O)CCc1ccc(O)c(O)c1. The van der Waals surface area contributed by atoms with Gasteiger partial charge in [-0.15, -0.1) is 0 Å². The van der Waals surface area contributed by atoms with Crippen molar-refractivity contribution >= 4 is 11.6 Å². The van der Waals surface area contributed by atoms with Crippen molar-refractivity contribution in [1.29, 1.82) is 0 Å². The molecule has 0 aromatic heterocycles. The van der Waals surface area contributed by atoms with Crippen molar-refractivity contribution in [2.24, 2.45) is 0 Å². The zero-order valence-corrected chi connectivity index (χ0v) is 13.2. The van der Waals surface area contributed by atoms with Gasteiger partial charge < -0.3 is 15.3 Å². The molecule has 0 saturated carbocycles. The number of hydrogen-bond donors (Lipinski definition) is 3. The summed E-state index contributed by atoms with van der Waals surface area (Å²) in [5.41, 5.74) is 1.67. The van der Waals surface area contributed by atoms with Crippen LogP contribution in [0, 0.1) is 0 Å². The summed E-state index contributed by atoms with van der Waals surface area (Å²) in [5, 5.41) is 27.8. The van der Waals surface area contributed by atoms with E-state index in [1.165, 1.54) is 12.1 Å². The van der Waals surface area contributed by atoms with Crippen LogP contribution in [0.5, 0.6) is 17.2 Å². The van der Waals surface area contributed by atoms with Crippen LogP contribution in [0.1, 0.15) is 30.4 Å². The third-order valence-corrected chi connectivity index (χ3v) is 3.76. The second-order valence-corrected chi connectivity index (χ2v) is 5.74. The largest absolute Gasteiger partial charge is 0.508 e. The molecule has 0 radical (unpaired) electrons. The van der Waals surface area contributed by atoms with Gasteiger partial charge in [0, 0.05) is 12.8 Å². The fourth-order valence-electron chi connectivity index (χ4n) is 2.35. The lowest BCUT2D eigenvalue weighted by atomic mass is 10.0. The van der Waals surface area contributed by atoms with Crippen LogP contribution >= 0.6 is 0 Å². The summed E-state index contributed by atoms with van der Waals surface area (Å²) in [5.74, 6) is -0.486. The van der Waals surface area contributed by atoms with Crippen molar-refractivity contribution in [3.05, 3.63) is 53.6 Å². The minimum atomic E-state index is -0.218. The number of hydrogen-bond acceptors (Lipinski definition) is 5. The lowest BCUT2D eigenvalue weighted by Crippen LogP contribution is -2.09. The second kappa shape index (κ2) is 8.15. The minimum Gasteiger partial charge on any atom is -0.508 e. The van der Waals surface area contributed by atoms with Crippen LogP contribution < -0.4 is 0 Å². The first-order chi connectivity index (χ1) is 11.4. The van der Waals surface area contributed by atoms with E-state index in [4.69, 9.17) is 0 Å². The standard InChI is InChI=1S/C19H20O5/c20-15-6-1-13(2-7-15)3-8-16(21)12-17(22)9-4-14-5-10-18(23)19(24)11-14/h1-2,5-7,10-11,20,23-24H,3-4,8-9,12H2. The molecule has 2 aromatic carbocycles. The van der Waals surface area contributed by atoms with Gasteiger partial charge in [-0.25, -0.2) is 0 Å². The Balaban J connectivity index is 1.74. The molecule has 24 heavy (non-hydrogen) atoms. The molecule has 2 aromatic rings. The molecule has 0 saturated heterocycles. The summed E-state index contributed by atoms with van der Waals surface area (Å²) in [6, 6.07) is 11.1. The van der Waals surface area contributed by atoms with Crippen LogP contribution in [0.15, 0.2) is 42.5 Å². The van der Waals surface area contributed by atoms with Crippen molar-refractivity contribution in [3.8, 4) is 17.2 Å². The van der Waals surface area contributed by atoms with Crippen molar-refractivity contribution in [2.45, 2.75) is 32.1 Å². The summed E-state index contributed by atoms with van der Waals surface area (Å²) >= 11 is 0. The quantitative estimate of drug-likeness (QED) is 0.511. The third-order valence-electron chi connectivity index (χ3n) is 3.76. The van der Waals surface area contributed by atoms with E-state index in [0.29, 0.717) is 12.8 Å². The zero-order valence-electron chi connectivity index (χ0n) is 13.2. The highest BCUT2D eigenvalue weighted by molar-refractivity contribution is 5.99. The third kappa shape index (κ3) is 5.43. The minimum absolute atomic E-state index is 0.0951. The predicted molar refractivity (Wildman–Crippen MR) is 89.2 cm³/mol. The van der Waals surface area contributed by atoms with Gasteiger partial charge in [-0.05, 0) is 48.2 Å². The average Bonchev–Trinajstić information content (AvgIpc) is 2.55. The molecule has 5 heteroatoms. The Morgan fingerprint density at radius 3 is 1.83 bits per heavy atom. The Morgan fingerprint density at radius 2 is 1.25 bits per heavy atom. The Labute approximate surface area is 140 Å². The van der Waals surface area contributed by atoms with Crippen molar-refractivity contribution in [1.82, 2.24) is 0 Å². The fraction of sp³-hybridized carbons (Fsp3) is 0.263. The molecule has 0 unspecified atom stereocenters. The van der Waals surface area contributed by atoms with Gasteiger partial charge in [0.1, 0.15) is 17.3 Å². The van der Waals surface area contributed by atoms with E-state index in [1.807, 2.05) is 0 Å². The summed E-state index contributed by atoms with van der Waals surface area (Å²) in [6.07, 6.45) is 1.37. The zero-order chi connectivity index (χ0) is 17.5. The molecule has 5 nitrogen and oxygen atoms in total. The molecular formula is C19H20O5. The number of benzene rings is 2. The number of ketones is 2. The molecule has 0 aliphatic heterocycles. The van der Waals surface area contributed by atoms with E-state index in [-0.39, 0.29) is 48.1 Å². The molecule has 3 N–H and O–H groups in total. The second-order valence-electron chi connectivity index (χ2n) is 5.74. The smallest absolute Gasteiger partial charge is 0.157 e. The highest BCUT2D eigenvalue weighted by Crippen LogP contribution is 2.25. The number of Topliss-reactive ketones (excluding diaryl/α,β-unsaturated/α-hetero) is 2. The van der Waals surface area contributed by atoms with Gasteiger partial charge in [0.05, 0.1) is 6.42 Å². The van der Waals surface area contributed by atoms with Gasteiger partial charge in [-0.2, -0.15) is 0 Å². The lowest BCUT2D eigenvalue weighted by Gasteiger charge is -2.04. The molecular weight excluding hydrogens is 308 g/mol. The fourth-order valence-corrected chi connectivity index (χ4v) is 2.35. The molecule has 0 aliphatic rings. The van der Waals surface area contributed by atoms with Crippen LogP contribution in [0.4, 0.5) is 0 Å². The van der Waals surface area contributed by atoms with Gasteiger partial charge in [-0.1, -0.05) is 18.2 Å². The molecule has 0 aliphatic carbocycles. The Kier molecular flexibility index (Phi) is 5.95.